The summed E-state index contributed by atoms with van der Waals surface area (Å²) in [4.78, 5) is 22.6. The van der Waals surface area contributed by atoms with Gasteiger partial charge in [-0.05, 0) is 49.4 Å². The van der Waals surface area contributed by atoms with Crippen molar-refractivity contribution < 1.29 is 19.4 Å². The number of para-hydroxylation sites is 4. The molecule has 2 aromatic carbocycles. The molecule has 3 heterocycles. The highest BCUT2D eigenvalue weighted by atomic mass is 16.7. The van der Waals surface area contributed by atoms with Crippen LogP contribution in [0.3, 0.4) is 0 Å². The minimum Gasteiger partial charge on any atom is -0.478 e. The zero-order valence-electron chi connectivity index (χ0n) is 19.0. The summed E-state index contributed by atoms with van der Waals surface area (Å²) in [6, 6.07) is 19.4. The van der Waals surface area contributed by atoms with E-state index in [2.05, 4.69) is 31.8 Å². The lowest BCUT2D eigenvalue weighted by molar-refractivity contribution is 0.0697. The minimum absolute atomic E-state index is 0.187. The molecule has 0 atom stereocenters. The molecule has 1 fully saturated rings. The van der Waals surface area contributed by atoms with Gasteiger partial charge in [0.15, 0.2) is 0 Å². The van der Waals surface area contributed by atoms with Crippen LogP contribution in [-0.2, 0) is 0 Å². The average molecular weight is 461 g/mol. The van der Waals surface area contributed by atoms with Gasteiger partial charge in [0.2, 0.25) is 6.79 Å². The van der Waals surface area contributed by atoms with Gasteiger partial charge >= 0.3 is 5.97 Å². The van der Waals surface area contributed by atoms with Gasteiger partial charge in [0, 0.05) is 38.9 Å². The highest BCUT2D eigenvalue weighted by molar-refractivity contribution is 5.93. The van der Waals surface area contributed by atoms with Crippen molar-refractivity contribution in [2.45, 2.75) is 6.42 Å². The number of aromatic carboxylic acids is 1. The SMILES string of the molecule is O=C(O)c1cccnc1N1CCN(CCCN2c3ccccc3OCOc3ccccc32)CC1. The largest absolute Gasteiger partial charge is 0.478 e. The second kappa shape index (κ2) is 10.0. The Labute approximate surface area is 199 Å². The molecule has 0 spiro atoms. The smallest absolute Gasteiger partial charge is 0.339 e. The predicted octanol–water partition coefficient (Wildman–Crippen LogP) is 3.86. The number of hydrogen-bond donors (Lipinski definition) is 1. The van der Waals surface area contributed by atoms with Crippen LogP contribution in [0.5, 0.6) is 11.5 Å². The molecule has 1 saturated heterocycles. The molecule has 0 unspecified atom stereocenters. The standard InChI is InChI=1S/C26H28N4O4/c31-26(32)20-7-5-12-27-25(20)29-17-15-28(16-18-29)13-6-14-30-21-8-1-3-10-23(21)33-19-34-24-11-4-2-9-22(24)30/h1-5,7-12H,6,13-19H2,(H,31,32). The van der Waals surface area contributed by atoms with Gasteiger partial charge < -0.3 is 24.4 Å². The minimum atomic E-state index is -0.938. The molecule has 5 rings (SSSR count). The summed E-state index contributed by atoms with van der Waals surface area (Å²) >= 11 is 0. The van der Waals surface area contributed by atoms with Gasteiger partial charge in [-0.15, -0.1) is 0 Å². The highest BCUT2D eigenvalue weighted by Crippen LogP contribution is 2.40. The van der Waals surface area contributed by atoms with Crippen molar-refractivity contribution in [2.24, 2.45) is 0 Å². The third-order valence-corrected chi connectivity index (χ3v) is 6.29. The Morgan fingerprint density at radius 3 is 2.15 bits per heavy atom. The first-order valence-corrected chi connectivity index (χ1v) is 11.6. The maximum Gasteiger partial charge on any atom is 0.339 e. The Morgan fingerprint density at radius 1 is 0.853 bits per heavy atom. The van der Waals surface area contributed by atoms with Crippen molar-refractivity contribution in [3.63, 3.8) is 0 Å². The number of piperazine rings is 1. The fourth-order valence-electron chi connectivity index (χ4n) is 4.58. The van der Waals surface area contributed by atoms with Gasteiger partial charge in [0.05, 0.1) is 11.4 Å². The van der Waals surface area contributed by atoms with Gasteiger partial charge in [-0.3, -0.25) is 4.90 Å². The first-order valence-electron chi connectivity index (χ1n) is 11.6. The van der Waals surface area contributed by atoms with E-state index in [1.54, 1.807) is 18.3 Å². The fourth-order valence-corrected chi connectivity index (χ4v) is 4.58. The molecule has 1 N–H and O–H groups in total. The summed E-state index contributed by atoms with van der Waals surface area (Å²) in [6.07, 6.45) is 2.62. The molecule has 0 aliphatic carbocycles. The number of hydrogen-bond acceptors (Lipinski definition) is 7. The van der Waals surface area contributed by atoms with E-state index in [9.17, 15) is 9.90 Å². The van der Waals surface area contributed by atoms with Gasteiger partial charge in [0.1, 0.15) is 22.9 Å². The molecule has 3 aromatic rings. The molecule has 0 amide bonds. The van der Waals surface area contributed by atoms with E-state index in [0.29, 0.717) is 5.82 Å². The van der Waals surface area contributed by atoms with Gasteiger partial charge in [-0.1, -0.05) is 24.3 Å². The fraction of sp³-hybridized carbons (Fsp3) is 0.308. The van der Waals surface area contributed by atoms with Crippen LogP contribution in [0.2, 0.25) is 0 Å². The molecule has 0 bridgehead atoms. The number of ether oxygens (including phenoxy) is 2. The second-order valence-electron chi connectivity index (χ2n) is 8.36. The summed E-state index contributed by atoms with van der Waals surface area (Å²) in [5.41, 5.74) is 2.34. The molecule has 1 aromatic heterocycles. The summed E-state index contributed by atoms with van der Waals surface area (Å²) in [5, 5.41) is 9.47. The van der Waals surface area contributed by atoms with E-state index >= 15 is 0 Å². The maximum atomic E-state index is 11.5. The van der Waals surface area contributed by atoms with Crippen molar-refractivity contribution >= 4 is 23.2 Å². The van der Waals surface area contributed by atoms with Crippen LogP contribution in [-0.4, -0.2) is 67.0 Å². The van der Waals surface area contributed by atoms with Gasteiger partial charge in [0.25, 0.3) is 0 Å². The monoisotopic (exact) mass is 460 g/mol. The van der Waals surface area contributed by atoms with E-state index in [4.69, 9.17) is 9.47 Å². The number of carboxylic acids is 1. The van der Waals surface area contributed by atoms with Crippen LogP contribution in [0.15, 0.2) is 66.9 Å². The lowest BCUT2D eigenvalue weighted by atomic mass is 10.2. The Kier molecular flexibility index (Phi) is 6.49. The number of pyridine rings is 1. The summed E-state index contributed by atoms with van der Waals surface area (Å²) in [5.74, 6) is 1.25. The molecule has 34 heavy (non-hydrogen) atoms. The van der Waals surface area contributed by atoms with Gasteiger partial charge in [-0.2, -0.15) is 0 Å². The summed E-state index contributed by atoms with van der Waals surface area (Å²) < 4.78 is 11.7. The molecule has 2 aliphatic heterocycles. The van der Waals surface area contributed by atoms with Crippen LogP contribution >= 0.6 is 0 Å². The quantitative estimate of drug-likeness (QED) is 0.594. The lowest BCUT2D eigenvalue weighted by Crippen LogP contribution is -2.47. The highest BCUT2D eigenvalue weighted by Gasteiger charge is 2.24. The average Bonchev–Trinajstić information content (AvgIpc) is 2.87. The summed E-state index contributed by atoms with van der Waals surface area (Å²) in [7, 11) is 0. The Hall–Kier alpha value is -3.78. The van der Waals surface area contributed by atoms with E-state index < -0.39 is 5.97 Å². The topological polar surface area (TPSA) is 78.4 Å². The third kappa shape index (κ3) is 4.63. The third-order valence-electron chi connectivity index (χ3n) is 6.29. The molecule has 0 saturated carbocycles. The number of carboxylic acid groups (broad SMARTS) is 1. The van der Waals surface area contributed by atoms with Crippen LogP contribution < -0.4 is 19.3 Å². The van der Waals surface area contributed by atoms with Crippen LogP contribution in [0, 0.1) is 0 Å². The molecule has 0 radical (unpaired) electrons. The Bertz CT molecular complexity index is 1100. The maximum absolute atomic E-state index is 11.5. The number of nitrogens with zero attached hydrogens (tertiary/aromatic N) is 4. The van der Waals surface area contributed by atoms with E-state index in [1.165, 1.54) is 0 Å². The van der Waals surface area contributed by atoms with Crippen LogP contribution in [0.1, 0.15) is 16.8 Å². The van der Waals surface area contributed by atoms with Crippen LogP contribution in [0.4, 0.5) is 17.2 Å². The molecular formula is C26H28N4O4. The second-order valence-corrected chi connectivity index (χ2v) is 8.36. The van der Waals surface area contributed by atoms with E-state index in [-0.39, 0.29) is 12.4 Å². The molecule has 176 valence electrons. The Morgan fingerprint density at radius 2 is 1.50 bits per heavy atom. The molecule has 8 heteroatoms. The first kappa shape index (κ1) is 22.0. The summed E-state index contributed by atoms with van der Waals surface area (Å²) in [6.45, 7) is 5.22. The van der Waals surface area contributed by atoms with Crippen LogP contribution in [0.25, 0.3) is 0 Å². The van der Waals surface area contributed by atoms with Crippen molar-refractivity contribution in [3.8, 4) is 11.5 Å². The lowest BCUT2D eigenvalue weighted by Gasteiger charge is -2.36. The normalized spacial score (nSPS) is 15.9. The van der Waals surface area contributed by atoms with E-state index in [1.807, 2.05) is 36.4 Å². The van der Waals surface area contributed by atoms with Crippen molar-refractivity contribution in [1.82, 2.24) is 9.88 Å². The number of anilines is 3. The number of aromatic nitrogens is 1. The van der Waals surface area contributed by atoms with E-state index in [0.717, 1.165) is 68.6 Å². The first-order chi connectivity index (χ1) is 16.7. The molecule has 2 aliphatic rings. The van der Waals surface area contributed by atoms with Gasteiger partial charge in [-0.25, -0.2) is 9.78 Å². The van der Waals surface area contributed by atoms with Crippen molar-refractivity contribution in [2.75, 3.05) is 55.9 Å². The number of benzene rings is 2. The van der Waals surface area contributed by atoms with Crippen molar-refractivity contribution in [3.05, 3.63) is 72.4 Å². The van der Waals surface area contributed by atoms with Crippen molar-refractivity contribution in [1.29, 1.82) is 0 Å². The molecule has 8 nitrogen and oxygen atoms in total. The zero-order valence-corrected chi connectivity index (χ0v) is 19.0. The predicted molar refractivity (Wildman–Crippen MR) is 130 cm³/mol. The number of fused-ring (bicyclic) bond motifs is 2. The number of carbonyl (C=O) groups is 1. The number of rotatable bonds is 6. The Balaban J connectivity index is 1.23. The zero-order chi connectivity index (χ0) is 23.3. The molecular weight excluding hydrogens is 432 g/mol.